The molecule has 1 fully saturated rings. The number of hydrogen-bond donors (Lipinski definition) is 1. The number of nitrogens with two attached hydrogens (primary N) is 1. The first-order chi connectivity index (χ1) is 9.61. The summed E-state index contributed by atoms with van der Waals surface area (Å²) in [6.45, 7) is 2.75. The highest BCUT2D eigenvalue weighted by atomic mass is 16.2. The van der Waals surface area contributed by atoms with Crippen LogP contribution in [0.25, 0.3) is 0 Å². The molecule has 3 nitrogen and oxygen atoms in total. The Labute approximate surface area is 122 Å². The van der Waals surface area contributed by atoms with Crippen molar-refractivity contribution in [1.82, 2.24) is 4.90 Å². The van der Waals surface area contributed by atoms with Crippen LogP contribution in [0.5, 0.6) is 0 Å². The van der Waals surface area contributed by atoms with Gasteiger partial charge in [0.25, 0.3) is 0 Å². The number of rotatable bonds is 4. The summed E-state index contributed by atoms with van der Waals surface area (Å²) in [5.41, 5.74) is 8.17. The van der Waals surface area contributed by atoms with Crippen LogP contribution in [-0.2, 0) is 11.2 Å². The molecule has 1 amide bonds. The minimum atomic E-state index is 0.209. The third kappa shape index (κ3) is 3.60. The minimum Gasteiger partial charge on any atom is -0.342 e. The van der Waals surface area contributed by atoms with Crippen LogP contribution in [0, 0.1) is 12.8 Å². The lowest BCUT2D eigenvalue weighted by atomic mass is 9.83. The van der Waals surface area contributed by atoms with Gasteiger partial charge in [0.15, 0.2) is 0 Å². The molecule has 1 aromatic carbocycles. The van der Waals surface area contributed by atoms with Gasteiger partial charge in [-0.1, -0.05) is 42.7 Å². The number of hydrogen-bond acceptors (Lipinski definition) is 2. The molecule has 1 aliphatic rings. The molecule has 0 spiro atoms. The van der Waals surface area contributed by atoms with Crippen molar-refractivity contribution < 1.29 is 4.79 Å². The van der Waals surface area contributed by atoms with Gasteiger partial charge in [0.2, 0.25) is 5.91 Å². The predicted octanol–water partition coefficient (Wildman–Crippen LogP) is 2.51. The topological polar surface area (TPSA) is 46.3 Å². The fourth-order valence-corrected chi connectivity index (χ4v) is 3.28. The average molecular weight is 274 g/mol. The maximum absolute atomic E-state index is 12.5. The SMILES string of the molecule is Cc1cccc(CC(=O)N(C)C2CCCCC2CN)c1. The Hall–Kier alpha value is -1.35. The maximum atomic E-state index is 12.5. The number of carbonyl (C=O) groups excluding carboxylic acids is 1. The highest BCUT2D eigenvalue weighted by Crippen LogP contribution is 2.27. The van der Waals surface area contributed by atoms with E-state index in [1.165, 1.54) is 18.4 Å². The highest BCUT2D eigenvalue weighted by Gasteiger charge is 2.29. The van der Waals surface area contributed by atoms with E-state index in [9.17, 15) is 4.79 Å². The number of nitrogens with zero attached hydrogens (tertiary/aromatic N) is 1. The van der Waals surface area contributed by atoms with Gasteiger partial charge in [-0.25, -0.2) is 0 Å². The van der Waals surface area contributed by atoms with E-state index in [1.807, 2.05) is 24.1 Å². The number of likely N-dealkylation sites (N-methyl/N-ethyl adjacent to an activating group) is 1. The first-order valence-corrected chi connectivity index (χ1v) is 7.63. The zero-order valence-electron chi connectivity index (χ0n) is 12.6. The Morgan fingerprint density at radius 2 is 2.10 bits per heavy atom. The molecular weight excluding hydrogens is 248 g/mol. The molecule has 0 aromatic heterocycles. The third-order valence-corrected chi connectivity index (χ3v) is 4.50. The lowest BCUT2D eigenvalue weighted by molar-refractivity contribution is -0.132. The summed E-state index contributed by atoms with van der Waals surface area (Å²) in [6.07, 6.45) is 5.20. The molecule has 1 aliphatic carbocycles. The Morgan fingerprint density at radius 3 is 2.80 bits per heavy atom. The second kappa shape index (κ2) is 6.89. The summed E-state index contributed by atoms with van der Waals surface area (Å²) in [5.74, 6) is 0.677. The van der Waals surface area contributed by atoms with Crippen LogP contribution in [0.15, 0.2) is 24.3 Å². The lowest BCUT2D eigenvalue weighted by Crippen LogP contribution is -2.46. The molecule has 2 unspecified atom stereocenters. The number of benzene rings is 1. The van der Waals surface area contributed by atoms with E-state index >= 15 is 0 Å². The van der Waals surface area contributed by atoms with E-state index in [0.717, 1.165) is 18.4 Å². The summed E-state index contributed by atoms with van der Waals surface area (Å²) in [7, 11) is 1.94. The molecular formula is C17H26N2O. The second-order valence-corrected chi connectivity index (χ2v) is 6.02. The Bertz CT molecular complexity index is 458. The van der Waals surface area contributed by atoms with Gasteiger partial charge in [0, 0.05) is 13.1 Å². The fourth-order valence-electron chi connectivity index (χ4n) is 3.28. The number of aryl methyl sites for hydroxylation is 1. The molecule has 2 N–H and O–H groups in total. The van der Waals surface area contributed by atoms with Crippen molar-refractivity contribution in [3.05, 3.63) is 35.4 Å². The van der Waals surface area contributed by atoms with E-state index in [1.54, 1.807) is 0 Å². The summed E-state index contributed by atoms with van der Waals surface area (Å²) in [6, 6.07) is 8.52. The van der Waals surface area contributed by atoms with Gasteiger partial charge in [-0.2, -0.15) is 0 Å². The highest BCUT2D eigenvalue weighted by molar-refractivity contribution is 5.78. The Kier molecular flexibility index (Phi) is 5.18. The zero-order valence-corrected chi connectivity index (χ0v) is 12.6. The van der Waals surface area contributed by atoms with Gasteiger partial charge in [-0.05, 0) is 37.8 Å². The van der Waals surface area contributed by atoms with Crippen molar-refractivity contribution in [1.29, 1.82) is 0 Å². The second-order valence-electron chi connectivity index (χ2n) is 6.02. The first-order valence-electron chi connectivity index (χ1n) is 7.63. The lowest BCUT2D eigenvalue weighted by Gasteiger charge is -2.37. The van der Waals surface area contributed by atoms with Crippen molar-refractivity contribution >= 4 is 5.91 Å². The van der Waals surface area contributed by atoms with Gasteiger partial charge in [-0.15, -0.1) is 0 Å². The summed E-state index contributed by atoms with van der Waals surface area (Å²) < 4.78 is 0. The van der Waals surface area contributed by atoms with E-state index in [0.29, 0.717) is 24.9 Å². The molecule has 3 heteroatoms. The normalized spacial score (nSPS) is 22.6. The standard InChI is InChI=1S/C17H26N2O/c1-13-6-5-7-14(10-13)11-17(20)19(2)16-9-4-3-8-15(16)12-18/h5-7,10,15-16H,3-4,8-9,11-12,18H2,1-2H3. The Morgan fingerprint density at radius 1 is 1.35 bits per heavy atom. The molecule has 0 aliphatic heterocycles. The van der Waals surface area contributed by atoms with Gasteiger partial charge < -0.3 is 10.6 Å². The molecule has 0 heterocycles. The first kappa shape index (κ1) is 15.0. The third-order valence-electron chi connectivity index (χ3n) is 4.50. The number of carbonyl (C=O) groups is 1. The van der Waals surface area contributed by atoms with Crippen LogP contribution in [0.2, 0.25) is 0 Å². The largest absolute Gasteiger partial charge is 0.342 e. The van der Waals surface area contributed by atoms with Crippen molar-refractivity contribution in [2.45, 2.75) is 45.1 Å². The minimum absolute atomic E-state index is 0.209. The van der Waals surface area contributed by atoms with Crippen LogP contribution >= 0.6 is 0 Å². The van der Waals surface area contributed by atoms with Gasteiger partial charge in [0.05, 0.1) is 6.42 Å². The van der Waals surface area contributed by atoms with Crippen LogP contribution in [0.4, 0.5) is 0 Å². The van der Waals surface area contributed by atoms with Crippen LogP contribution in [0.1, 0.15) is 36.8 Å². The smallest absolute Gasteiger partial charge is 0.226 e. The van der Waals surface area contributed by atoms with Crippen molar-refractivity contribution in [3.8, 4) is 0 Å². The van der Waals surface area contributed by atoms with Crippen LogP contribution in [0.3, 0.4) is 0 Å². The molecule has 2 atom stereocenters. The molecule has 0 radical (unpaired) electrons. The van der Waals surface area contributed by atoms with E-state index < -0.39 is 0 Å². The molecule has 20 heavy (non-hydrogen) atoms. The quantitative estimate of drug-likeness (QED) is 0.917. The van der Waals surface area contributed by atoms with E-state index in [2.05, 4.69) is 19.1 Å². The summed E-state index contributed by atoms with van der Waals surface area (Å²) >= 11 is 0. The zero-order chi connectivity index (χ0) is 14.5. The molecule has 0 bridgehead atoms. The number of amides is 1. The van der Waals surface area contributed by atoms with Gasteiger partial charge >= 0.3 is 0 Å². The molecule has 1 aromatic rings. The monoisotopic (exact) mass is 274 g/mol. The van der Waals surface area contributed by atoms with E-state index in [-0.39, 0.29) is 5.91 Å². The van der Waals surface area contributed by atoms with Crippen molar-refractivity contribution in [2.75, 3.05) is 13.6 Å². The summed E-state index contributed by atoms with van der Waals surface area (Å²) in [4.78, 5) is 14.4. The molecule has 110 valence electrons. The molecule has 2 rings (SSSR count). The van der Waals surface area contributed by atoms with Crippen LogP contribution < -0.4 is 5.73 Å². The summed E-state index contributed by atoms with van der Waals surface area (Å²) in [5, 5.41) is 0. The Balaban J connectivity index is 2.00. The average Bonchev–Trinajstić information content (AvgIpc) is 2.46. The van der Waals surface area contributed by atoms with Crippen molar-refractivity contribution in [2.24, 2.45) is 11.7 Å². The fraction of sp³-hybridized carbons (Fsp3) is 0.588. The molecule has 0 saturated heterocycles. The predicted molar refractivity (Wildman–Crippen MR) is 82.5 cm³/mol. The van der Waals surface area contributed by atoms with E-state index in [4.69, 9.17) is 5.73 Å². The van der Waals surface area contributed by atoms with Gasteiger partial charge in [0.1, 0.15) is 0 Å². The van der Waals surface area contributed by atoms with Crippen LogP contribution in [-0.4, -0.2) is 30.4 Å². The van der Waals surface area contributed by atoms with Crippen molar-refractivity contribution in [3.63, 3.8) is 0 Å². The van der Waals surface area contributed by atoms with Gasteiger partial charge in [-0.3, -0.25) is 4.79 Å². The maximum Gasteiger partial charge on any atom is 0.226 e. The molecule has 1 saturated carbocycles.